The van der Waals surface area contributed by atoms with Crippen LogP contribution in [0.5, 0.6) is 5.75 Å². The number of nitrogens with zero attached hydrogens (tertiary/aromatic N) is 3. The highest BCUT2D eigenvalue weighted by molar-refractivity contribution is 6.04. The highest BCUT2D eigenvalue weighted by Gasteiger charge is 2.40. The predicted octanol–water partition coefficient (Wildman–Crippen LogP) is 1.77. The van der Waals surface area contributed by atoms with Crippen LogP contribution >= 0.6 is 0 Å². The number of carbonyl (C=O) groups excluding carboxylic acids is 3. The normalized spacial score (nSPS) is 19.6. The van der Waals surface area contributed by atoms with Gasteiger partial charge in [0.1, 0.15) is 11.8 Å². The molecule has 0 aliphatic carbocycles. The number of rotatable bonds is 4. The fraction of sp³-hybridized carbons (Fsp3) is 0.381. The molecule has 2 fully saturated rings. The van der Waals surface area contributed by atoms with Crippen LogP contribution in [0.2, 0.25) is 0 Å². The highest BCUT2D eigenvalue weighted by Crippen LogP contribution is 2.29. The van der Waals surface area contributed by atoms with Crippen molar-refractivity contribution in [2.75, 3.05) is 38.2 Å². The van der Waals surface area contributed by atoms with E-state index in [9.17, 15) is 14.4 Å². The second-order valence-electron chi connectivity index (χ2n) is 7.11. The first-order chi connectivity index (χ1) is 14.1. The molecule has 2 aliphatic heterocycles. The molecule has 8 nitrogen and oxygen atoms in total. The van der Waals surface area contributed by atoms with Gasteiger partial charge in [-0.3, -0.25) is 19.3 Å². The Hall–Kier alpha value is -3.29. The standard InChI is InChI=1S/C21H23N3O5/c1-28-16-6-4-15(5-7-16)24-17(8-9-19(24)25)20(26)22-10-12-23(13-11-22)21(27)18-3-2-14-29-18/h2-7,14,17H,8-13H2,1H3. The van der Waals surface area contributed by atoms with E-state index in [1.807, 2.05) is 0 Å². The molecule has 2 saturated heterocycles. The minimum atomic E-state index is -0.511. The number of benzene rings is 1. The Bertz CT molecular complexity index is 886. The lowest BCUT2D eigenvalue weighted by molar-refractivity contribution is -0.134. The van der Waals surface area contributed by atoms with Gasteiger partial charge in [-0.05, 0) is 42.8 Å². The predicted molar refractivity (Wildman–Crippen MR) is 105 cm³/mol. The fourth-order valence-electron chi connectivity index (χ4n) is 3.88. The van der Waals surface area contributed by atoms with Crippen LogP contribution < -0.4 is 9.64 Å². The number of ether oxygens (including phenoxy) is 1. The number of methoxy groups -OCH3 is 1. The number of anilines is 1. The number of amides is 3. The van der Waals surface area contributed by atoms with Gasteiger partial charge >= 0.3 is 0 Å². The van der Waals surface area contributed by atoms with Crippen molar-refractivity contribution in [2.45, 2.75) is 18.9 Å². The third-order valence-corrected chi connectivity index (χ3v) is 5.46. The summed E-state index contributed by atoms with van der Waals surface area (Å²) in [7, 11) is 1.58. The van der Waals surface area contributed by atoms with E-state index < -0.39 is 6.04 Å². The molecule has 29 heavy (non-hydrogen) atoms. The molecule has 4 rings (SSSR count). The lowest BCUT2D eigenvalue weighted by Crippen LogP contribution is -2.55. The van der Waals surface area contributed by atoms with Crippen molar-refractivity contribution in [3.05, 3.63) is 48.4 Å². The van der Waals surface area contributed by atoms with Gasteiger partial charge in [0.15, 0.2) is 5.76 Å². The van der Waals surface area contributed by atoms with E-state index in [0.29, 0.717) is 56.2 Å². The lowest BCUT2D eigenvalue weighted by atomic mass is 10.1. The summed E-state index contributed by atoms with van der Waals surface area (Å²) in [5.41, 5.74) is 0.693. The molecule has 0 N–H and O–H groups in total. The minimum Gasteiger partial charge on any atom is -0.497 e. The maximum absolute atomic E-state index is 13.1. The molecule has 152 valence electrons. The molecule has 1 atom stereocenters. The van der Waals surface area contributed by atoms with Crippen LogP contribution in [0.15, 0.2) is 47.1 Å². The molecular formula is C21H23N3O5. The zero-order valence-electron chi connectivity index (χ0n) is 16.2. The summed E-state index contributed by atoms with van der Waals surface area (Å²) in [5.74, 6) is 0.701. The van der Waals surface area contributed by atoms with Crippen LogP contribution in [0.25, 0.3) is 0 Å². The van der Waals surface area contributed by atoms with Crippen molar-refractivity contribution >= 4 is 23.4 Å². The summed E-state index contributed by atoms with van der Waals surface area (Å²) in [6.45, 7) is 1.75. The van der Waals surface area contributed by atoms with Gasteiger partial charge in [0.25, 0.3) is 5.91 Å². The van der Waals surface area contributed by atoms with Crippen molar-refractivity contribution in [1.82, 2.24) is 9.80 Å². The van der Waals surface area contributed by atoms with Gasteiger partial charge in [0.2, 0.25) is 11.8 Å². The minimum absolute atomic E-state index is 0.0554. The van der Waals surface area contributed by atoms with Crippen molar-refractivity contribution in [3.8, 4) is 5.75 Å². The van der Waals surface area contributed by atoms with E-state index in [2.05, 4.69) is 0 Å². The highest BCUT2D eigenvalue weighted by atomic mass is 16.5. The van der Waals surface area contributed by atoms with Crippen molar-refractivity contribution in [2.24, 2.45) is 0 Å². The van der Waals surface area contributed by atoms with Gasteiger partial charge < -0.3 is 19.0 Å². The first-order valence-corrected chi connectivity index (χ1v) is 9.66. The molecule has 8 heteroatoms. The Kier molecular flexibility index (Phi) is 5.24. The van der Waals surface area contributed by atoms with Crippen LogP contribution in [0, 0.1) is 0 Å². The maximum Gasteiger partial charge on any atom is 0.289 e. The number of carbonyl (C=O) groups is 3. The average molecular weight is 397 g/mol. The van der Waals surface area contributed by atoms with Crippen LogP contribution in [0.3, 0.4) is 0 Å². The Morgan fingerprint density at radius 1 is 1.03 bits per heavy atom. The van der Waals surface area contributed by atoms with Gasteiger partial charge in [-0.15, -0.1) is 0 Å². The molecular weight excluding hydrogens is 374 g/mol. The number of hydrogen-bond donors (Lipinski definition) is 0. The van der Waals surface area contributed by atoms with Crippen LogP contribution in [0.1, 0.15) is 23.4 Å². The summed E-state index contributed by atoms with van der Waals surface area (Å²) in [6.07, 6.45) is 2.31. The Morgan fingerprint density at radius 3 is 2.34 bits per heavy atom. The quantitative estimate of drug-likeness (QED) is 0.785. The SMILES string of the molecule is COc1ccc(N2C(=O)CCC2C(=O)N2CCN(C(=O)c3ccco3)CC2)cc1. The van der Waals surface area contributed by atoms with E-state index in [1.54, 1.807) is 58.2 Å². The maximum atomic E-state index is 13.1. The van der Waals surface area contributed by atoms with Gasteiger partial charge in [-0.1, -0.05) is 0 Å². The zero-order valence-corrected chi connectivity index (χ0v) is 16.2. The van der Waals surface area contributed by atoms with Crippen molar-refractivity contribution in [3.63, 3.8) is 0 Å². The smallest absolute Gasteiger partial charge is 0.289 e. The Balaban J connectivity index is 1.42. The van der Waals surface area contributed by atoms with E-state index in [4.69, 9.17) is 9.15 Å². The summed E-state index contributed by atoms with van der Waals surface area (Å²) >= 11 is 0. The second-order valence-corrected chi connectivity index (χ2v) is 7.11. The van der Waals surface area contributed by atoms with Gasteiger partial charge in [0.05, 0.1) is 13.4 Å². The first kappa shape index (κ1) is 19.0. The van der Waals surface area contributed by atoms with Gasteiger partial charge in [0, 0.05) is 38.3 Å². The topological polar surface area (TPSA) is 83.3 Å². The molecule has 2 aliphatic rings. The first-order valence-electron chi connectivity index (χ1n) is 9.66. The molecule has 3 amide bonds. The summed E-state index contributed by atoms with van der Waals surface area (Å²) in [6, 6.07) is 9.95. The molecule has 3 heterocycles. The molecule has 1 aromatic heterocycles. The van der Waals surface area contributed by atoms with Crippen molar-refractivity contribution < 1.29 is 23.5 Å². The fourth-order valence-corrected chi connectivity index (χ4v) is 3.88. The Morgan fingerprint density at radius 2 is 1.72 bits per heavy atom. The number of piperazine rings is 1. The summed E-state index contributed by atoms with van der Waals surface area (Å²) in [5, 5.41) is 0. The van der Waals surface area contributed by atoms with E-state index >= 15 is 0 Å². The third kappa shape index (κ3) is 3.70. The molecule has 0 bridgehead atoms. The molecule has 0 spiro atoms. The Labute approximate surface area is 168 Å². The lowest BCUT2D eigenvalue weighted by Gasteiger charge is -2.37. The van der Waals surface area contributed by atoms with Crippen LogP contribution in [0.4, 0.5) is 5.69 Å². The molecule has 1 aromatic carbocycles. The third-order valence-electron chi connectivity index (χ3n) is 5.46. The summed E-state index contributed by atoms with van der Waals surface area (Å²) in [4.78, 5) is 43.0. The van der Waals surface area contributed by atoms with Gasteiger partial charge in [-0.2, -0.15) is 0 Å². The number of furan rings is 1. The summed E-state index contributed by atoms with van der Waals surface area (Å²) < 4.78 is 10.3. The molecule has 0 saturated carbocycles. The van der Waals surface area contributed by atoms with E-state index in [1.165, 1.54) is 6.26 Å². The molecule has 2 aromatic rings. The largest absolute Gasteiger partial charge is 0.497 e. The van der Waals surface area contributed by atoms with Crippen molar-refractivity contribution in [1.29, 1.82) is 0 Å². The zero-order chi connectivity index (χ0) is 20.4. The average Bonchev–Trinajstić information content (AvgIpc) is 3.43. The molecule has 0 radical (unpaired) electrons. The van der Waals surface area contributed by atoms with Gasteiger partial charge in [-0.25, -0.2) is 0 Å². The van der Waals surface area contributed by atoms with E-state index in [-0.39, 0.29) is 17.7 Å². The van der Waals surface area contributed by atoms with Crippen LogP contribution in [-0.2, 0) is 9.59 Å². The van der Waals surface area contributed by atoms with E-state index in [0.717, 1.165) is 0 Å². The monoisotopic (exact) mass is 397 g/mol. The van der Waals surface area contributed by atoms with Crippen LogP contribution in [-0.4, -0.2) is 66.9 Å². The number of hydrogen-bond acceptors (Lipinski definition) is 5. The molecule has 1 unspecified atom stereocenters. The second kappa shape index (κ2) is 7.98.